The van der Waals surface area contributed by atoms with Crippen molar-refractivity contribution in [2.24, 2.45) is 0 Å². The van der Waals surface area contributed by atoms with Gasteiger partial charge in [0.05, 0.1) is 12.3 Å². The van der Waals surface area contributed by atoms with E-state index in [0.717, 1.165) is 29.9 Å². The van der Waals surface area contributed by atoms with Crippen molar-refractivity contribution in [1.82, 2.24) is 14.8 Å². The Hall–Kier alpha value is -1.53. The van der Waals surface area contributed by atoms with Crippen LogP contribution in [0.3, 0.4) is 0 Å². The van der Waals surface area contributed by atoms with Gasteiger partial charge in [-0.25, -0.2) is 0 Å². The highest BCUT2D eigenvalue weighted by Crippen LogP contribution is 2.27. The van der Waals surface area contributed by atoms with Crippen LogP contribution < -0.4 is 4.90 Å². The molecule has 112 valence electrons. The molecule has 1 saturated heterocycles. The Morgan fingerprint density at radius 1 is 1.05 bits per heavy atom. The van der Waals surface area contributed by atoms with E-state index < -0.39 is 0 Å². The number of piperidine rings is 1. The largest absolute Gasteiger partial charge is 0.396 e. The highest BCUT2D eigenvalue weighted by molar-refractivity contribution is 7.99. The number of hydrogen-bond donors (Lipinski definition) is 1. The number of thioether (sulfide) groups is 1. The molecule has 0 spiro atoms. The lowest BCUT2D eigenvalue weighted by Gasteiger charge is -2.27. The molecule has 0 saturated carbocycles. The quantitative estimate of drug-likeness (QED) is 0.859. The van der Waals surface area contributed by atoms with Gasteiger partial charge in [0.2, 0.25) is 5.95 Å². The van der Waals surface area contributed by atoms with Gasteiger partial charge in [0.1, 0.15) is 0 Å². The summed E-state index contributed by atoms with van der Waals surface area (Å²) in [5.74, 6) is 1.55. The average molecular weight is 304 g/mol. The van der Waals surface area contributed by atoms with E-state index in [0.29, 0.717) is 5.75 Å². The van der Waals surface area contributed by atoms with Crippen molar-refractivity contribution < 1.29 is 5.11 Å². The topological polar surface area (TPSA) is 54.2 Å². The van der Waals surface area contributed by atoms with Gasteiger partial charge >= 0.3 is 0 Å². The molecule has 1 aliphatic rings. The average Bonchev–Trinajstić information content (AvgIpc) is 2.98. The van der Waals surface area contributed by atoms with Crippen LogP contribution in [0, 0.1) is 0 Å². The summed E-state index contributed by atoms with van der Waals surface area (Å²) < 4.78 is 2.10. The molecule has 0 radical (unpaired) electrons. The van der Waals surface area contributed by atoms with E-state index in [-0.39, 0.29) is 6.61 Å². The molecule has 0 amide bonds. The number of aliphatic hydroxyl groups excluding tert-OH is 1. The number of benzene rings is 1. The number of aliphatic hydroxyl groups is 1. The van der Waals surface area contributed by atoms with E-state index >= 15 is 0 Å². The minimum Gasteiger partial charge on any atom is -0.396 e. The highest BCUT2D eigenvalue weighted by atomic mass is 32.2. The predicted molar refractivity (Wildman–Crippen MR) is 85.2 cm³/mol. The van der Waals surface area contributed by atoms with Gasteiger partial charge in [-0.15, -0.1) is 10.2 Å². The second kappa shape index (κ2) is 6.95. The molecule has 1 fully saturated rings. The molecule has 2 heterocycles. The van der Waals surface area contributed by atoms with Crippen molar-refractivity contribution in [2.75, 3.05) is 30.3 Å². The maximum Gasteiger partial charge on any atom is 0.232 e. The molecule has 0 unspecified atom stereocenters. The summed E-state index contributed by atoms with van der Waals surface area (Å²) in [7, 11) is 0. The van der Waals surface area contributed by atoms with Crippen LogP contribution in [-0.2, 0) is 0 Å². The first-order valence-electron chi connectivity index (χ1n) is 7.39. The Morgan fingerprint density at radius 3 is 2.52 bits per heavy atom. The van der Waals surface area contributed by atoms with Crippen molar-refractivity contribution in [3.05, 3.63) is 30.3 Å². The molecule has 5 nitrogen and oxygen atoms in total. The fraction of sp³-hybridized carbons (Fsp3) is 0.467. The number of aromatic nitrogens is 3. The molecule has 1 aromatic carbocycles. The maximum absolute atomic E-state index is 9.06. The number of hydrogen-bond acceptors (Lipinski definition) is 5. The Morgan fingerprint density at radius 2 is 1.81 bits per heavy atom. The van der Waals surface area contributed by atoms with E-state index in [2.05, 4.69) is 31.8 Å². The first-order chi connectivity index (χ1) is 10.4. The zero-order chi connectivity index (χ0) is 14.5. The lowest BCUT2D eigenvalue weighted by Crippen LogP contribution is -2.31. The molecule has 3 rings (SSSR count). The summed E-state index contributed by atoms with van der Waals surface area (Å²) in [5.41, 5.74) is 1.07. The van der Waals surface area contributed by atoms with Gasteiger partial charge in [0.25, 0.3) is 0 Å². The summed E-state index contributed by atoms with van der Waals surface area (Å²) in [6.07, 6.45) is 3.71. The zero-order valence-electron chi connectivity index (χ0n) is 12.0. The molecule has 6 heteroatoms. The molecule has 1 N–H and O–H groups in total. The third-order valence-corrected chi connectivity index (χ3v) is 4.50. The maximum atomic E-state index is 9.06. The second-order valence-corrected chi connectivity index (χ2v) is 6.14. The van der Waals surface area contributed by atoms with Crippen LogP contribution in [-0.4, -0.2) is 45.3 Å². The highest BCUT2D eigenvalue weighted by Gasteiger charge is 2.21. The number of nitrogens with zero attached hydrogens (tertiary/aromatic N) is 4. The van der Waals surface area contributed by atoms with Crippen molar-refractivity contribution in [3.63, 3.8) is 0 Å². The Kier molecular flexibility index (Phi) is 4.77. The van der Waals surface area contributed by atoms with Gasteiger partial charge in [0, 0.05) is 18.8 Å². The lowest BCUT2D eigenvalue weighted by atomic mass is 10.1. The fourth-order valence-electron chi connectivity index (χ4n) is 2.59. The molecule has 0 atom stereocenters. The smallest absolute Gasteiger partial charge is 0.232 e. The lowest BCUT2D eigenvalue weighted by molar-refractivity contribution is 0.322. The SMILES string of the molecule is OCCSc1nnc(N2CCCCC2)n1-c1ccccc1. The van der Waals surface area contributed by atoms with Crippen LogP contribution in [0.5, 0.6) is 0 Å². The summed E-state index contributed by atoms with van der Waals surface area (Å²) in [4.78, 5) is 2.31. The van der Waals surface area contributed by atoms with Gasteiger partial charge in [0.15, 0.2) is 5.16 Å². The van der Waals surface area contributed by atoms with Crippen molar-refractivity contribution in [1.29, 1.82) is 0 Å². The van der Waals surface area contributed by atoms with Crippen LogP contribution in [0.1, 0.15) is 19.3 Å². The van der Waals surface area contributed by atoms with Crippen LogP contribution >= 0.6 is 11.8 Å². The van der Waals surface area contributed by atoms with Crippen molar-refractivity contribution >= 4 is 17.7 Å². The molecule has 0 bridgehead atoms. The minimum absolute atomic E-state index is 0.144. The number of rotatable bonds is 5. The summed E-state index contributed by atoms with van der Waals surface area (Å²) in [6.45, 7) is 2.22. The van der Waals surface area contributed by atoms with Gasteiger partial charge in [-0.05, 0) is 31.4 Å². The number of anilines is 1. The second-order valence-electron chi connectivity index (χ2n) is 5.07. The van der Waals surface area contributed by atoms with E-state index in [1.54, 1.807) is 0 Å². The van der Waals surface area contributed by atoms with Crippen LogP contribution in [0.15, 0.2) is 35.5 Å². The van der Waals surface area contributed by atoms with Gasteiger partial charge < -0.3 is 10.0 Å². The van der Waals surface area contributed by atoms with Gasteiger partial charge in [-0.2, -0.15) is 0 Å². The third-order valence-electron chi connectivity index (χ3n) is 3.59. The first kappa shape index (κ1) is 14.4. The fourth-order valence-corrected chi connectivity index (χ4v) is 3.28. The molecule has 1 aliphatic heterocycles. The Labute approximate surface area is 129 Å². The molecular formula is C15H20N4OS. The van der Waals surface area contributed by atoms with E-state index in [1.807, 2.05) is 18.2 Å². The minimum atomic E-state index is 0.144. The molecule has 2 aromatic rings. The van der Waals surface area contributed by atoms with Crippen molar-refractivity contribution in [2.45, 2.75) is 24.4 Å². The third kappa shape index (κ3) is 3.22. The normalized spacial score (nSPS) is 15.4. The first-order valence-corrected chi connectivity index (χ1v) is 8.38. The van der Waals surface area contributed by atoms with Crippen LogP contribution in [0.2, 0.25) is 0 Å². The standard InChI is InChI=1S/C15H20N4OS/c20-11-12-21-15-17-16-14(18-9-5-2-6-10-18)19(15)13-7-3-1-4-8-13/h1,3-4,7-8,20H,2,5-6,9-12H2. The van der Waals surface area contributed by atoms with E-state index in [4.69, 9.17) is 5.11 Å². The summed E-state index contributed by atoms with van der Waals surface area (Å²) >= 11 is 1.54. The zero-order valence-corrected chi connectivity index (χ0v) is 12.8. The van der Waals surface area contributed by atoms with Crippen LogP contribution in [0.4, 0.5) is 5.95 Å². The van der Waals surface area contributed by atoms with E-state index in [1.165, 1.54) is 31.0 Å². The van der Waals surface area contributed by atoms with Crippen LogP contribution in [0.25, 0.3) is 5.69 Å². The van der Waals surface area contributed by atoms with Gasteiger partial charge in [-0.3, -0.25) is 4.57 Å². The summed E-state index contributed by atoms with van der Waals surface area (Å²) in [6, 6.07) is 10.2. The van der Waals surface area contributed by atoms with Gasteiger partial charge in [-0.1, -0.05) is 30.0 Å². The Bertz CT molecular complexity index is 566. The predicted octanol–water partition coefficient (Wildman–Crippen LogP) is 2.34. The molecule has 21 heavy (non-hydrogen) atoms. The molecule has 1 aromatic heterocycles. The molecule has 0 aliphatic carbocycles. The number of para-hydroxylation sites is 1. The van der Waals surface area contributed by atoms with E-state index in [9.17, 15) is 0 Å². The Balaban J connectivity index is 1.97. The molecular weight excluding hydrogens is 284 g/mol. The summed E-state index contributed by atoms with van der Waals surface area (Å²) in [5, 5.41) is 18.6. The van der Waals surface area contributed by atoms with Crippen molar-refractivity contribution in [3.8, 4) is 5.69 Å². The monoisotopic (exact) mass is 304 g/mol.